The minimum absolute atomic E-state index is 0.0755. The second-order valence-corrected chi connectivity index (χ2v) is 4.90. The van der Waals surface area contributed by atoms with Gasteiger partial charge in [0.15, 0.2) is 17.0 Å². The lowest BCUT2D eigenvalue weighted by Crippen LogP contribution is -2.09. The summed E-state index contributed by atoms with van der Waals surface area (Å²) in [4.78, 5) is 15.0. The van der Waals surface area contributed by atoms with Crippen molar-refractivity contribution in [1.29, 1.82) is 0 Å². The topological polar surface area (TPSA) is 74.5 Å². The Kier molecular flexibility index (Phi) is 4.26. The first-order chi connectivity index (χ1) is 9.99. The van der Waals surface area contributed by atoms with Gasteiger partial charge in [-0.05, 0) is 31.9 Å². The van der Waals surface area contributed by atoms with Gasteiger partial charge < -0.3 is 9.47 Å². The zero-order valence-electron chi connectivity index (χ0n) is 12.5. The lowest BCUT2D eigenvalue weighted by Gasteiger charge is -2.17. The molecule has 2 rings (SSSR count). The largest absolute Gasteiger partial charge is 0.493 e. The zero-order chi connectivity index (χ0) is 15.6. The minimum atomic E-state index is -0.448. The predicted molar refractivity (Wildman–Crippen MR) is 80.1 cm³/mol. The molecule has 0 N–H and O–H groups in total. The predicted octanol–water partition coefficient (Wildman–Crippen LogP) is 3.50. The summed E-state index contributed by atoms with van der Waals surface area (Å²) in [6, 6.07) is 3.21. The molecule has 0 amide bonds. The molecular formula is C15H18N2O4. The maximum Gasteiger partial charge on any atom is 0.299 e. The van der Waals surface area contributed by atoms with Crippen molar-refractivity contribution in [2.75, 3.05) is 7.11 Å². The first kappa shape index (κ1) is 15.0. The Balaban J connectivity index is 2.91. The monoisotopic (exact) mass is 290 g/mol. The molecule has 0 bridgehead atoms. The quantitative estimate of drug-likeness (QED) is 0.622. The van der Waals surface area contributed by atoms with E-state index >= 15 is 0 Å². The highest BCUT2D eigenvalue weighted by Gasteiger charge is 2.24. The number of benzene rings is 1. The van der Waals surface area contributed by atoms with E-state index in [0.29, 0.717) is 22.4 Å². The van der Waals surface area contributed by atoms with Gasteiger partial charge in [-0.2, -0.15) is 0 Å². The van der Waals surface area contributed by atoms with E-state index in [1.54, 1.807) is 6.20 Å². The SMILES string of the molecule is CCc1ccnc2c([N+](=O)[O-])cc(OC)c(OC(C)C)c12. The normalized spacial score (nSPS) is 10.9. The van der Waals surface area contributed by atoms with Crippen molar-refractivity contribution in [1.82, 2.24) is 4.98 Å². The highest BCUT2D eigenvalue weighted by atomic mass is 16.6. The van der Waals surface area contributed by atoms with Gasteiger partial charge in [-0.3, -0.25) is 10.1 Å². The van der Waals surface area contributed by atoms with Gasteiger partial charge in [-0.15, -0.1) is 0 Å². The van der Waals surface area contributed by atoms with Gasteiger partial charge in [0, 0.05) is 6.20 Å². The van der Waals surface area contributed by atoms with Crippen LogP contribution in [0.5, 0.6) is 11.5 Å². The van der Waals surface area contributed by atoms with Crippen molar-refractivity contribution >= 4 is 16.6 Å². The number of fused-ring (bicyclic) bond motifs is 1. The summed E-state index contributed by atoms with van der Waals surface area (Å²) < 4.78 is 11.1. The number of rotatable bonds is 5. The number of nitro groups is 1. The molecule has 0 unspecified atom stereocenters. The van der Waals surface area contributed by atoms with E-state index in [-0.39, 0.29) is 11.8 Å². The Morgan fingerprint density at radius 1 is 1.43 bits per heavy atom. The van der Waals surface area contributed by atoms with Gasteiger partial charge in [0.1, 0.15) is 0 Å². The molecule has 0 aliphatic carbocycles. The number of ether oxygens (including phenoxy) is 2. The fourth-order valence-corrected chi connectivity index (χ4v) is 2.27. The third kappa shape index (κ3) is 2.74. The number of aryl methyl sites for hydroxylation is 1. The average molecular weight is 290 g/mol. The molecule has 2 aromatic rings. The van der Waals surface area contributed by atoms with Crippen LogP contribution in [0.3, 0.4) is 0 Å². The fraction of sp³-hybridized carbons (Fsp3) is 0.400. The highest BCUT2D eigenvalue weighted by molar-refractivity contribution is 5.97. The molecule has 1 aromatic heterocycles. The second kappa shape index (κ2) is 5.95. The Morgan fingerprint density at radius 2 is 2.14 bits per heavy atom. The Morgan fingerprint density at radius 3 is 2.67 bits per heavy atom. The van der Waals surface area contributed by atoms with Crippen LogP contribution in [0.4, 0.5) is 5.69 Å². The van der Waals surface area contributed by atoms with Crippen LogP contribution in [0, 0.1) is 10.1 Å². The van der Waals surface area contributed by atoms with Crippen LogP contribution in [0.25, 0.3) is 10.9 Å². The summed E-state index contributed by atoms with van der Waals surface area (Å²) in [6.45, 7) is 5.78. The maximum absolute atomic E-state index is 11.3. The summed E-state index contributed by atoms with van der Waals surface area (Å²) in [5.74, 6) is 0.864. The van der Waals surface area contributed by atoms with Crippen molar-refractivity contribution in [3.05, 3.63) is 34.0 Å². The fourth-order valence-electron chi connectivity index (χ4n) is 2.27. The molecule has 0 radical (unpaired) electrons. The van der Waals surface area contributed by atoms with Crippen molar-refractivity contribution < 1.29 is 14.4 Å². The van der Waals surface area contributed by atoms with E-state index in [1.807, 2.05) is 26.8 Å². The molecule has 0 aliphatic rings. The molecule has 112 valence electrons. The van der Waals surface area contributed by atoms with Crippen LogP contribution in [-0.2, 0) is 6.42 Å². The number of hydrogen-bond donors (Lipinski definition) is 0. The lowest BCUT2D eigenvalue weighted by atomic mass is 10.0. The average Bonchev–Trinajstić information content (AvgIpc) is 2.45. The van der Waals surface area contributed by atoms with Crippen molar-refractivity contribution in [3.63, 3.8) is 0 Å². The minimum Gasteiger partial charge on any atom is -0.493 e. The van der Waals surface area contributed by atoms with Crippen molar-refractivity contribution in [3.8, 4) is 11.5 Å². The summed E-state index contributed by atoms with van der Waals surface area (Å²) >= 11 is 0. The van der Waals surface area contributed by atoms with Crippen LogP contribution in [0.1, 0.15) is 26.3 Å². The van der Waals surface area contributed by atoms with E-state index in [0.717, 1.165) is 12.0 Å². The van der Waals surface area contributed by atoms with E-state index in [4.69, 9.17) is 9.47 Å². The Hall–Kier alpha value is -2.37. The number of aromatic nitrogens is 1. The third-order valence-electron chi connectivity index (χ3n) is 3.15. The molecule has 0 spiro atoms. The third-order valence-corrected chi connectivity index (χ3v) is 3.15. The number of nitrogens with zero attached hydrogens (tertiary/aromatic N) is 2. The van der Waals surface area contributed by atoms with Crippen molar-refractivity contribution in [2.24, 2.45) is 0 Å². The zero-order valence-corrected chi connectivity index (χ0v) is 12.5. The van der Waals surface area contributed by atoms with E-state index in [1.165, 1.54) is 13.2 Å². The van der Waals surface area contributed by atoms with Crippen molar-refractivity contribution in [2.45, 2.75) is 33.3 Å². The van der Waals surface area contributed by atoms with Gasteiger partial charge >= 0.3 is 0 Å². The van der Waals surface area contributed by atoms with Gasteiger partial charge in [0.25, 0.3) is 5.69 Å². The molecule has 0 fully saturated rings. The molecule has 0 saturated carbocycles. The second-order valence-electron chi connectivity index (χ2n) is 4.90. The van der Waals surface area contributed by atoms with Crippen LogP contribution >= 0.6 is 0 Å². The molecule has 21 heavy (non-hydrogen) atoms. The van der Waals surface area contributed by atoms with Gasteiger partial charge in [-0.1, -0.05) is 6.92 Å². The number of methoxy groups -OCH3 is 1. The molecule has 0 saturated heterocycles. The molecule has 1 aromatic carbocycles. The smallest absolute Gasteiger partial charge is 0.299 e. The standard InChI is InChI=1S/C15H18N2O4/c1-5-10-6-7-16-14-11(17(18)19)8-12(20-4)15(13(10)14)21-9(2)3/h6-9H,5H2,1-4H3. The lowest BCUT2D eigenvalue weighted by molar-refractivity contribution is -0.383. The first-order valence-corrected chi connectivity index (χ1v) is 6.79. The summed E-state index contributed by atoms with van der Waals surface area (Å²) in [5, 5.41) is 11.9. The molecule has 1 heterocycles. The molecule has 0 aliphatic heterocycles. The van der Waals surface area contributed by atoms with Crippen LogP contribution in [0.15, 0.2) is 18.3 Å². The molecule has 6 nitrogen and oxygen atoms in total. The number of pyridine rings is 1. The molecular weight excluding hydrogens is 272 g/mol. The maximum atomic E-state index is 11.3. The van der Waals surface area contributed by atoms with Gasteiger partial charge in [-0.25, -0.2) is 4.98 Å². The molecule has 6 heteroatoms. The van der Waals surface area contributed by atoms with Crippen LogP contribution in [0.2, 0.25) is 0 Å². The number of nitro benzene ring substituents is 1. The van der Waals surface area contributed by atoms with Gasteiger partial charge in [0.2, 0.25) is 0 Å². The molecule has 0 atom stereocenters. The Labute approximate surface area is 122 Å². The van der Waals surface area contributed by atoms with Crippen LogP contribution < -0.4 is 9.47 Å². The van der Waals surface area contributed by atoms with Gasteiger partial charge in [0.05, 0.1) is 29.6 Å². The van der Waals surface area contributed by atoms with Crippen LogP contribution in [-0.4, -0.2) is 23.1 Å². The number of non-ortho nitro benzene ring substituents is 1. The van der Waals surface area contributed by atoms with E-state index in [9.17, 15) is 10.1 Å². The first-order valence-electron chi connectivity index (χ1n) is 6.79. The highest BCUT2D eigenvalue weighted by Crippen LogP contribution is 2.42. The van der Waals surface area contributed by atoms with E-state index < -0.39 is 4.92 Å². The van der Waals surface area contributed by atoms with E-state index in [2.05, 4.69) is 4.98 Å². The number of hydrogen-bond acceptors (Lipinski definition) is 5. The summed E-state index contributed by atoms with van der Waals surface area (Å²) in [7, 11) is 1.47. The summed E-state index contributed by atoms with van der Waals surface area (Å²) in [5.41, 5.74) is 1.20. The summed E-state index contributed by atoms with van der Waals surface area (Å²) in [6.07, 6.45) is 2.23. The Bertz CT molecular complexity index is 683.